The summed E-state index contributed by atoms with van der Waals surface area (Å²) in [5.41, 5.74) is 2.63. The van der Waals surface area contributed by atoms with Crippen molar-refractivity contribution in [3.63, 3.8) is 0 Å². The molecule has 0 saturated carbocycles. The molecule has 0 atom stereocenters. The summed E-state index contributed by atoms with van der Waals surface area (Å²) in [5, 5.41) is 1.53. The molecule has 1 aliphatic heterocycles. The van der Waals surface area contributed by atoms with Crippen LogP contribution in [0.3, 0.4) is 0 Å². The minimum Gasteiger partial charge on any atom is -0.465 e. The Morgan fingerprint density at radius 3 is 2.61 bits per heavy atom. The van der Waals surface area contributed by atoms with Crippen molar-refractivity contribution in [3.8, 4) is 0 Å². The maximum atomic E-state index is 12.9. The van der Waals surface area contributed by atoms with E-state index in [1.54, 1.807) is 35.2 Å². The minimum atomic E-state index is -3.98. The lowest BCUT2D eigenvalue weighted by atomic mass is 10.00. The van der Waals surface area contributed by atoms with Crippen LogP contribution < -0.4 is 9.62 Å². The van der Waals surface area contributed by atoms with E-state index in [9.17, 15) is 18.0 Å². The molecule has 0 unspecified atom stereocenters. The fourth-order valence-corrected chi connectivity index (χ4v) is 5.95. The molecule has 2 aromatic carbocycles. The highest BCUT2D eigenvalue weighted by molar-refractivity contribution is 7.93. The number of thiophene rings is 1. The van der Waals surface area contributed by atoms with Crippen molar-refractivity contribution in [2.75, 3.05) is 23.3 Å². The number of carbonyl (C=O) groups is 2. The standard InChI is InChI=1S/C22H20N2O5S2/c1-29-22(26)20-19(11-13-30-20)31(27,28)23-17-9-10-18-16(14-17)8-5-12-24(18)21(25)15-6-3-2-4-7-15/h2-4,6-7,9-11,13-14,23H,5,8,12H2,1H3. The highest BCUT2D eigenvalue weighted by Crippen LogP contribution is 2.32. The second kappa shape index (κ2) is 8.52. The Kier molecular flexibility index (Phi) is 5.79. The third-order valence-corrected chi connectivity index (χ3v) is 7.45. The van der Waals surface area contributed by atoms with Crippen LogP contribution in [-0.4, -0.2) is 33.9 Å². The molecule has 0 saturated heterocycles. The number of carbonyl (C=O) groups excluding carboxylic acids is 2. The van der Waals surface area contributed by atoms with Crippen molar-refractivity contribution in [3.05, 3.63) is 76.0 Å². The monoisotopic (exact) mass is 456 g/mol. The molecule has 7 nitrogen and oxygen atoms in total. The molecule has 3 aromatic rings. The largest absolute Gasteiger partial charge is 0.465 e. The quantitative estimate of drug-likeness (QED) is 0.587. The number of fused-ring (bicyclic) bond motifs is 1. The third kappa shape index (κ3) is 4.19. The van der Waals surface area contributed by atoms with E-state index in [1.165, 1.54) is 18.6 Å². The van der Waals surface area contributed by atoms with E-state index in [0.717, 1.165) is 35.4 Å². The molecule has 2 heterocycles. The molecule has 4 rings (SSSR count). The van der Waals surface area contributed by atoms with E-state index in [2.05, 4.69) is 9.46 Å². The number of nitrogens with zero attached hydrogens (tertiary/aromatic N) is 1. The summed E-state index contributed by atoms with van der Waals surface area (Å²) in [6, 6.07) is 15.5. The Morgan fingerprint density at radius 2 is 1.87 bits per heavy atom. The van der Waals surface area contributed by atoms with Crippen molar-refractivity contribution in [2.24, 2.45) is 0 Å². The van der Waals surface area contributed by atoms with Crippen molar-refractivity contribution < 1.29 is 22.7 Å². The summed E-state index contributed by atoms with van der Waals surface area (Å²) in [7, 11) is -2.77. The number of hydrogen-bond donors (Lipinski definition) is 1. The molecular formula is C22H20N2O5S2. The summed E-state index contributed by atoms with van der Waals surface area (Å²) in [6.45, 7) is 0.600. The van der Waals surface area contributed by atoms with Crippen LogP contribution >= 0.6 is 11.3 Å². The Bertz CT molecular complexity index is 1240. The van der Waals surface area contributed by atoms with E-state index in [4.69, 9.17) is 0 Å². The van der Waals surface area contributed by atoms with Crippen LogP contribution in [0.5, 0.6) is 0 Å². The lowest BCUT2D eigenvalue weighted by molar-refractivity contribution is 0.0602. The van der Waals surface area contributed by atoms with Crippen LogP contribution in [0.15, 0.2) is 64.9 Å². The van der Waals surface area contributed by atoms with Crippen molar-refractivity contribution >= 4 is 44.6 Å². The molecule has 31 heavy (non-hydrogen) atoms. The van der Waals surface area contributed by atoms with Gasteiger partial charge in [0.2, 0.25) is 0 Å². The lowest BCUT2D eigenvalue weighted by Crippen LogP contribution is -2.35. The van der Waals surface area contributed by atoms with Crippen molar-refractivity contribution in [1.82, 2.24) is 0 Å². The zero-order valence-corrected chi connectivity index (χ0v) is 18.3. The maximum Gasteiger partial charge on any atom is 0.349 e. The van der Waals surface area contributed by atoms with Gasteiger partial charge >= 0.3 is 5.97 Å². The van der Waals surface area contributed by atoms with Gasteiger partial charge in [0, 0.05) is 23.5 Å². The fraction of sp³-hybridized carbons (Fsp3) is 0.182. The lowest BCUT2D eigenvalue weighted by Gasteiger charge is -2.30. The number of nitrogens with one attached hydrogen (secondary N) is 1. The van der Waals surface area contributed by atoms with Gasteiger partial charge in [-0.05, 0) is 60.2 Å². The van der Waals surface area contributed by atoms with E-state index in [-0.39, 0.29) is 15.7 Å². The second-order valence-corrected chi connectivity index (χ2v) is 9.55. The number of anilines is 2. The average molecular weight is 457 g/mol. The molecule has 1 aliphatic rings. The zero-order valence-electron chi connectivity index (χ0n) is 16.7. The fourth-order valence-electron chi connectivity index (χ4n) is 3.57. The summed E-state index contributed by atoms with van der Waals surface area (Å²) in [4.78, 5) is 26.4. The molecule has 1 amide bonds. The van der Waals surface area contributed by atoms with E-state index in [0.29, 0.717) is 17.8 Å². The summed E-state index contributed by atoms with van der Waals surface area (Å²) in [5.74, 6) is -0.785. The van der Waals surface area contributed by atoms with Gasteiger partial charge < -0.3 is 9.64 Å². The van der Waals surface area contributed by atoms with Gasteiger partial charge in [0.25, 0.3) is 15.9 Å². The van der Waals surface area contributed by atoms with Crippen molar-refractivity contribution in [1.29, 1.82) is 0 Å². The van der Waals surface area contributed by atoms with Crippen LogP contribution in [0.4, 0.5) is 11.4 Å². The van der Waals surface area contributed by atoms with Gasteiger partial charge in [-0.1, -0.05) is 18.2 Å². The Labute approximate surface area is 184 Å². The van der Waals surface area contributed by atoms with Crippen molar-refractivity contribution in [2.45, 2.75) is 17.7 Å². The predicted octanol–water partition coefficient (Wildman–Crippen LogP) is 3.93. The number of esters is 1. The Balaban J connectivity index is 1.61. The number of benzene rings is 2. The highest BCUT2D eigenvalue weighted by Gasteiger charge is 2.27. The highest BCUT2D eigenvalue weighted by atomic mass is 32.2. The van der Waals surface area contributed by atoms with Gasteiger partial charge in [0.1, 0.15) is 9.77 Å². The van der Waals surface area contributed by atoms with E-state index >= 15 is 0 Å². The topological polar surface area (TPSA) is 92.8 Å². The number of rotatable bonds is 5. The number of methoxy groups -OCH3 is 1. The van der Waals surface area contributed by atoms with Gasteiger partial charge in [0.15, 0.2) is 0 Å². The van der Waals surface area contributed by atoms with E-state index in [1.807, 2.05) is 18.2 Å². The third-order valence-electron chi connectivity index (χ3n) is 5.01. The summed E-state index contributed by atoms with van der Waals surface area (Å²) >= 11 is 1.01. The van der Waals surface area contributed by atoms with Gasteiger partial charge in [-0.2, -0.15) is 0 Å². The number of hydrogen-bond acceptors (Lipinski definition) is 6. The zero-order chi connectivity index (χ0) is 22.0. The number of ether oxygens (including phenoxy) is 1. The summed E-state index contributed by atoms with van der Waals surface area (Å²) < 4.78 is 32.9. The number of aryl methyl sites for hydroxylation is 1. The molecular weight excluding hydrogens is 436 g/mol. The van der Waals surface area contributed by atoms with Gasteiger partial charge in [0.05, 0.1) is 7.11 Å². The second-order valence-electron chi connectivity index (χ2n) is 6.98. The van der Waals surface area contributed by atoms with Gasteiger partial charge in [-0.3, -0.25) is 9.52 Å². The summed E-state index contributed by atoms with van der Waals surface area (Å²) in [6.07, 6.45) is 1.51. The first-order valence-electron chi connectivity index (χ1n) is 9.59. The van der Waals surface area contributed by atoms with Crippen LogP contribution in [0.25, 0.3) is 0 Å². The molecule has 0 spiro atoms. The predicted molar refractivity (Wildman–Crippen MR) is 119 cm³/mol. The Morgan fingerprint density at radius 1 is 1.10 bits per heavy atom. The average Bonchev–Trinajstić information content (AvgIpc) is 3.29. The van der Waals surface area contributed by atoms with Gasteiger partial charge in [-0.25, -0.2) is 13.2 Å². The maximum absolute atomic E-state index is 12.9. The first kappa shape index (κ1) is 21.1. The molecule has 0 radical (unpaired) electrons. The molecule has 1 aromatic heterocycles. The van der Waals surface area contributed by atoms with Crippen LogP contribution in [0.2, 0.25) is 0 Å². The van der Waals surface area contributed by atoms with Crippen LogP contribution in [0, 0.1) is 0 Å². The molecule has 0 fully saturated rings. The molecule has 1 N–H and O–H groups in total. The van der Waals surface area contributed by atoms with Gasteiger partial charge in [-0.15, -0.1) is 11.3 Å². The van der Waals surface area contributed by atoms with Crippen LogP contribution in [-0.2, 0) is 21.2 Å². The Hall–Kier alpha value is -3.17. The first-order chi connectivity index (χ1) is 14.9. The molecule has 0 aliphatic carbocycles. The molecule has 9 heteroatoms. The minimum absolute atomic E-state index is 0.0209. The normalized spacial score (nSPS) is 13.4. The smallest absolute Gasteiger partial charge is 0.349 e. The van der Waals surface area contributed by atoms with E-state index < -0.39 is 16.0 Å². The molecule has 0 bridgehead atoms. The number of sulfonamides is 1. The SMILES string of the molecule is COC(=O)c1sccc1S(=O)(=O)Nc1ccc2c(c1)CCCN2C(=O)c1ccccc1. The first-order valence-corrected chi connectivity index (χ1v) is 12.0. The van der Waals surface area contributed by atoms with Crippen LogP contribution in [0.1, 0.15) is 32.0 Å². The molecule has 160 valence electrons. The number of amides is 1.